The van der Waals surface area contributed by atoms with Gasteiger partial charge in [-0.05, 0) is 42.3 Å². The number of carbonyl (C=O) groups excluding carboxylic acids is 1. The summed E-state index contributed by atoms with van der Waals surface area (Å²) in [5.41, 5.74) is -1.85. The SMILES string of the molecule is O=Cc1ccc2c(cnn2CCc2ccc(C(F)(F)F)cc2C(F)(F)F)c1. The third kappa shape index (κ3) is 3.96. The molecule has 0 bridgehead atoms. The second-order valence-electron chi connectivity index (χ2n) is 5.92. The minimum absolute atomic E-state index is 0.0401. The van der Waals surface area contributed by atoms with Crippen LogP contribution in [0.3, 0.4) is 0 Å². The Labute approximate surface area is 149 Å². The van der Waals surface area contributed by atoms with E-state index in [9.17, 15) is 31.1 Å². The average Bonchev–Trinajstić information content (AvgIpc) is 3.00. The predicted molar refractivity (Wildman–Crippen MR) is 85.3 cm³/mol. The maximum absolute atomic E-state index is 13.2. The summed E-state index contributed by atoms with van der Waals surface area (Å²) in [5, 5.41) is 4.72. The molecule has 142 valence electrons. The Morgan fingerprint density at radius 3 is 2.33 bits per heavy atom. The third-order valence-corrected chi connectivity index (χ3v) is 4.14. The van der Waals surface area contributed by atoms with E-state index in [-0.39, 0.29) is 24.6 Å². The van der Waals surface area contributed by atoms with Crippen molar-refractivity contribution >= 4 is 17.2 Å². The molecule has 9 heteroatoms. The van der Waals surface area contributed by atoms with Crippen molar-refractivity contribution in [2.75, 3.05) is 0 Å². The fourth-order valence-corrected chi connectivity index (χ4v) is 2.82. The molecular formula is C18H12F6N2O. The van der Waals surface area contributed by atoms with Crippen molar-refractivity contribution in [3.05, 3.63) is 64.8 Å². The van der Waals surface area contributed by atoms with Gasteiger partial charge in [-0.2, -0.15) is 31.4 Å². The molecular weight excluding hydrogens is 374 g/mol. The first-order chi connectivity index (χ1) is 12.6. The molecule has 0 unspecified atom stereocenters. The largest absolute Gasteiger partial charge is 0.416 e. The van der Waals surface area contributed by atoms with E-state index < -0.39 is 23.5 Å². The van der Waals surface area contributed by atoms with Gasteiger partial charge in [-0.1, -0.05) is 6.07 Å². The fraction of sp³-hybridized carbons (Fsp3) is 0.222. The number of carbonyl (C=O) groups is 1. The van der Waals surface area contributed by atoms with Crippen LogP contribution >= 0.6 is 0 Å². The number of hydrogen-bond donors (Lipinski definition) is 0. The van der Waals surface area contributed by atoms with Crippen molar-refractivity contribution in [1.82, 2.24) is 9.78 Å². The van der Waals surface area contributed by atoms with Crippen LogP contribution in [0.25, 0.3) is 10.9 Å². The van der Waals surface area contributed by atoms with Crippen LogP contribution in [0.4, 0.5) is 26.3 Å². The van der Waals surface area contributed by atoms with Crippen LogP contribution in [0.1, 0.15) is 27.0 Å². The van der Waals surface area contributed by atoms with Crippen LogP contribution in [0, 0.1) is 0 Å². The van der Waals surface area contributed by atoms with E-state index in [4.69, 9.17) is 0 Å². The Kier molecular flexibility index (Phi) is 4.71. The van der Waals surface area contributed by atoms with Gasteiger partial charge in [-0.3, -0.25) is 9.48 Å². The van der Waals surface area contributed by atoms with Gasteiger partial charge in [-0.15, -0.1) is 0 Å². The van der Waals surface area contributed by atoms with Gasteiger partial charge in [0.25, 0.3) is 0 Å². The first-order valence-corrected chi connectivity index (χ1v) is 7.77. The minimum Gasteiger partial charge on any atom is -0.298 e. The molecule has 0 amide bonds. The average molecular weight is 386 g/mol. The highest BCUT2D eigenvalue weighted by molar-refractivity contribution is 5.86. The standard InChI is InChI=1S/C18H12F6N2O/c19-17(20,21)14-3-2-12(15(8-14)18(22,23)24)5-6-26-16-4-1-11(10-27)7-13(16)9-25-26/h1-4,7-10H,5-6H2. The first kappa shape index (κ1) is 18.9. The summed E-state index contributed by atoms with van der Waals surface area (Å²) < 4.78 is 79.2. The summed E-state index contributed by atoms with van der Waals surface area (Å²) in [6.45, 7) is 0.0401. The Morgan fingerprint density at radius 2 is 1.70 bits per heavy atom. The van der Waals surface area contributed by atoms with E-state index in [1.165, 1.54) is 10.9 Å². The summed E-state index contributed by atoms with van der Waals surface area (Å²) >= 11 is 0. The van der Waals surface area contributed by atoms with Crippen molar-refractivity contribution in [3.8, 4) is 0 Å². The summed E-state index contributed by atoms with van der Waals surface area (Å²) in [6.07, 6.45) is -7.78. The monoisotopic (exact) mass is 386 g/mol. The molecule has 0 atom stereocenters. The van der Waals surface area contributed by atoms with E-state index >= 15 is 0 Å². The molecule has 0 aliphatic heterocycles. The lowest BCUT2D eigenvalue weighted by atomic mass is 10.0. The van der Waals surface area contributed by atoms with Crippen LogP contribution in [-0.4, -0.2) is 16.1 Å². The van der Waals surface area contributed by atoms with E-state index in [2.05, 4.69) is 5.10 Å². The fourth-order valence-electron chi connectivity index (χ4n) is 2.82. The van der Waals surface area contributed by atoms with Crippen molar-refractivity contribution in [2.24, 2.45) is 0 Å². The van der Waals surface area contributed by atoms with Crippen LogP contribution in [-0.2, 0) is 25.3 Å². The lowest BCUT2D eigenvalue weighted by molar-refractivity contribution is -0.143. The second-order valence-corrected chi connectivity index (χ2v) is 5.92. The zero-order valence-electron chi connectivity index (χ0n) is 13.6. The molecule has 27 heavy (non-hydrogen) atoms. The molecule has 0 aliphatic carbocycles. The van der Waals surface area contributed by atoms with Crippen LogP contribution in [0.2, 0.25) is 0 Å². The Bertz CT molecular complexity index is 988. The van der Waals surface area contributed by atoms with Gasteiger partial charge < -0.3 is 0 Å². The number of alkyl halides is 6. The number of hydrogen-bond acceptors (Lipinski definition) is 2. The number of aromatic nitrogens is 2. The lowest BCUT2D eigenvalue weighted by Crippen LogP contribution is -2.15. The van der Waals surface area contributed by atoms with E-state index in [1.807, 2.05) is 0 Å². The molecule has 2 aromatic carbocycles. The summed E-state index contributed by atoms with van der Waals surface area (Å²) in [4.78, 5) is 10.8. The highest BCUT2D eigenvalue weighted by atomic mass is 19.4. The molecule has 3 aromatic rings. The first-order valence-electron chi connectivity index (χ1n) is 7.77. The Hall–Kier alpha value is -2.84. The van der Waals surface area contributed by atoms with Crippen LogP contribution in [0.5, 0.6) is 0 Å². The van der Waals surface area contributed by atoms with E-state index in [0.717, 1.165) is 6.07 Å². The topological polar surface area (TPSA) is 34.9 Å². The van der Waals surface area contributed by atoms with Gasteiger partial charge in [-0.25, -0.2) is 0 Å². The number of nitrogens with zero attached hydrogens (tertiary/aromatic N) is 2. The molecule has 0 saturated heterocycles. The van der Waals surface area contributed by atoms with Gasteiger partial charge in [0.15, 0.2) is 0 Å². The molecule has 3 nitrogen and oxygen atoms in total. The molecule has 0 radical (unpaired) electrons. The smallest absolute Gasteiger partial charge is 0.298 e. The van der Waals surface area contributed by atoms with Crippen molar-refractivity contribution in [3.63, 3.8) is 0 Å². The summed E-state index contributed by atoms with van der Waals surface area (Å²) in [7, 11) is 0. The zero-order chi connectivity index (χ0) is 19.8. The van der Waals surface area contributed by atoms with Gasteiger partial charge >= 0.3 is 12.4 Å². The van der Waals surface area contributed by atoms with Crippen LogP contribution < -0.4 is 0 Å². The van der Waals surface area contributed by atoms with E-state index in [1.54, 1.807) is 18.2 Å². The quantitative estimate of drug-likeness (QED) is 0.460. The molecule has 0 spiro atoms. The van der Waals surface area contributed by atoms with Gasteiger partial charge in [0.05, 0.1) is 22.8 Å². The van der Waals surface area contributed by atoms with Gasteiger partial charge in [0, 0.05) is 17.5 Å². The molecule has 0 aliphatic rings. The highest BCUT2D eigenvalue weighted by Crippen LogP contribution is 2.37. The molecule has 1 aromatic heterocycles. The summed E-state index contributed by atoms with van der Waals surface area (Å²) in [5.74, 6) is 0. The lowest BCUT2D eigenvalue weighted by Gasteiger charge is -2.16. The second kappa shape index (κ2) is 6.71. The molecule has 0 N–H and O–H groups in total. The maximum atomic E-state index is 13.2. The molecule has 0 fully saturated rings. The molecule has 0 saturated carbocycles. The van der Waals surface area contributed by atoms with Crippen molar-refractivity contribution in [2.45, 2.75) is 25.3 Å². The van der Waals surface area contributed by atoms with Crippen molar-refractivity contribution in [1.29, 1.82) is 0 Å². The molecule has 3 rings (SSSR count). The van der Waals surface area contributed by atoms with Gasteiger partial charge in [0.2, 0.25) is 0 Å². The zero-order valence-corrected chi connectivity index (χ0v) is 13.6. The molecule has 1 heterocycles. The number of fused-ring (bicyclic) bond motifs is 1. The normalized spacial score (nSPS) is 12.5. The van der Waals surface area contributed by atoms with Crippen LogP contribution in [0.15, 0.2) is 42.6 Å². The predicted octanol–water partition coefficient (Wildman–Crippen LogP) is 5.13. The van der Waals surface area contributed by atoms with E-state index in [0.29, 0.717) is 28.8 Å². The van der Waals surface area contributed by atoms with Gasteiger partial charge in [0.1, 0.15) is 6.29 Å². The number of aldehydes is 1. The maximum Gasteiger partial charge on any atom is 0.416 e. The minimum atomic E-state index is -4.90. The highest BCUT2D eigenvalue weighted by Gasteiger charge is 2.37. The number of aryl methyl sites for hydroxylation is 2. The third-order valence-electron chi connectivity index (χ3n) is 4.14. The Balaban J connectivity index is 1.91. The number of benzene rings is 2. The summed E-state index contributed by atoms with van der Waals surface area (Å²) in [6, 6.07) is 6.37. The number of rotatable bonds is 4. The van der Waals surface area contributed by atoms with Crippen molar-refractivity contribution < 1.29 is 31.1 Å². The number of halogens is 6. The Morgan fingerprint density at radius 1 is 0.963 bits per heavy atom.